The molecule has 1 fully saturated rings. The van der Waals surface area contributed by atoms with E-state index in [2.05, 4.69) is 40.8 Å². The van der Waals surface area contributed by atoms with Crippen LogP contribution in [-0.4, -0.2) is 62.6 Å². The van der Waals surface area contributed by atoms with Gasteiger partial charge in [-0.05, 0) is 59.4 Å². The van der Waals surface area contributed by atoms with Gasteiger partial charge < -0.3 is 24.4 Å². The topological polar surface area (TPSA) is 79.7 Å². The van der Waals surface area contributed by atoms with E-state index in [9.17, 15) is 9.59 Å². The lowest BCUT2D eigenvalue weighted by molar-refractivity contribution is -0.135. The fourth-order valence-electron chi connectivity index (χ4n) is 6.04. The number of carbonyl (C=O) groups is 2. The van der Waals surface area contributed by atoms with Gasteiger partial charge in [-0.15, -0.1) is 0 Å². The van der Waals surface area contributed by atoms with Gasteiger partial charge in [0.1, 0.15) is 11.4 Å². The van der Waals surface area contributed by atoms with Crippen LogP contribution in [0.2, 0.25) is 0 Å². The number of amides is 2. The van der Waals surface area contributed by atoms with E-state index in [1.54, 1.807) is 0 Å². The molecule has 2 aromatic rings. The predicted molar refractivity (Wildman–Crippen MR) is 153 cm³/mol. The summed E-state index contributed by atoms with van der Waals surface area (Å²) in [4.78, 5) is 34.8. The molecule has 1 aromatic heterocycles. The zero-order chi connectivity index (χ0) is 28.3. The number of fused-ring (bicyclic) bond motifs is 1. The van der Waals surface area contributed by atoms with E-state index < -0.39 is 5.60 Å². The largest absolute Gasteiger partial charge is 0.444 e. The average molecular weight is 538 g/mol. The number of piperidine rings is 1. The van der Waals surface area contributed by atoms with Gasteiger partial charge in [0.25, 0.3) is 0 Å². The second kappa shape index (κ2) is 12.1. The van der Waals surface area contributed by atoms with Crippen LogP contribution < -0.4 is 5.32 Å². The molecule has 4 rings (SSSR count). The third kappa shape index (κ3) is 7.21. The highest BCUT2D eigenvalue weighted by Crippen LogP contribution is 2.32. The highest BCUT2D eigenvalue weighted by atomic mass is 16.6. The number of nitrogens with one attached hydrogen (secondary N) is 1. The zero-order valence-electron chi connectivity index (χ0n) is 24.9. The second-order valence-electron chi connectivity index (χ2n) is 12.5. The van der Waals surface area contributed by atoms with Crippen molar-refractivity contribution in [2.24, 2.45) is 5.92 Å². The number of ether oxygens (including phenoxy) is 1. The van der Waals surface area contributed by atoms with E-state index >= 15 is 0 Å². The zero-order valence-corrected chi connectivity index (χ0v) is 24.9. The van der Waals surface area contributed by atoms with Gasteiger partial charge in [-0.1, -0.05) is 44.2 Å². The quantitative estimate of drug-likeness (QED) is 0.511. The number of hydrogen-bond acceptors (Lipinski definition) is 5. The van der Waals surface area contributed by atoms with Crippen LogP contribution in [0, 0.1) is 12.8 Å². The molecule has 8 nitrogen and oxygen atoms in total. The fraction of sp³-hybridized carbons (Fsp3) is 0.645. The van der Waals surface area contributed by atoms with Crippen molar-refractivity contribution >= 4 is 12.0 Å². The first-order chi connectivity index (χ1) is 18.4. The summed E-state index contributed by atoms with van der Waals surface area (Å²) in [6, 6.07) is 10.7. The number of benzene rings is 1. The summed E-state index contributed by atoms with van der Waals surface area (Å²) in [6.07, 6.45) is 3.35. The van der Waals surface area contributed by atoms with Crippen LogP contribution in [0.3, 0.4) is 0 Å². The third-order valence-corrected chi connectivity index (χ3v) is 7.99. The third-order valence-electron chi connectivity index (χ3n) is 7.99. The Bertz CT molecular complexity index is 1130. The van der Waals surface area contributed by atoms with Crippen molar-refractivity contribution in [1.29, 1.82) is 0 Å². The number of rotatable bonds is 7. The van der Waals surface area contributed by atoms with Crippen molar-refractivity contribution in [3.63, 3.8) is 0 Å². The Morgan fingerprint density at radius 3 is 2.36 bits per heavy atom. The summed E-state index contributed by atoms with van der Waals surface area (Å²) in [6.45, 7) is 17.4. The second-order valence-corrected chi connectivity index (χ2v) is 12.5. The lowest BCUT2D eigenvalue weighted by atomic mass is 9.96. The molecule has 214 valence electrons. The molecule has 2 amide bonds. The molecule has 1 saturated heterocycles. The van der Waals surface area contributed by atoms with Crippen LogP contribution in [0.25, 0.3) is 0 Å². The van der Waals surface area contributed by atoms with E-state index in [4.69, 9.17) is 9.72 Å². The minimum absolute atomic E-state index is 0.0123. The molecule has 39 heavy (non-hydrogen) atoms. The van der Waals surface area contributed by atoms with Gasteiger partial charge in [0, 0.05) is 44.1 Å². The average Bonchev–Trinajstić information content (AvgIpc) is 3.22. The summed E-state index contributed by atoms with van der Waals surface area (Å²) in [5.74, 6) is 1.30. The van der Waals surface area contributed by atoms with Gasteiger partial charge in [-0.3, -0.25) is 4.79 Å². The van der Waals surface area contributed by atoms with Gasteiger partial charge in [0.2, 0.25) is 5.91 Å². The van der Waals surface area contributed by atoms with Crippen molar-refractivity contribution in [3.05, 3.63) is 53.1 Å². The Balaban J connectivity index is 1.40. The Morgan fingerprint density at radius 1 is 1.08 bits per heavy atom. The van der Waals surface area contributed by atoms with Gasteiger partial charge in [-0.2, -0.15) is 0 Å². The number of aryl methyl sites for hydroxylation is 1. The van der Waals surface area contributed by atoms with Crippen molar-refractivity contribution < 1.29 is 14.3 Å². The standard InChI is InChI=1S/C31H47N5O3/c1-21(2)29(37)35-18-15-26-28(20-35)36(23(4)32-26)25-13-16-34(17-14-25)22(3)19-27(24-11-9-8-10-12-24)33-30(38)39-31(5,6)7/h8-12,21-22,25,27H,13-20H2,1-7H3,(H,33,38)/t22?,27-/m0/s1. The molecule has 0 spiro atoms. The first kappa shape index (κ1) is 29.1. The van der Waals surface area contributed by atoms with Crippen molar-refractivity contribution in [1.82, 2.24) is 24.7 Å². The molecule has 8 heteroatoms. The number of likely N-dealkylation sites (tertiary alicyclic amines) is 1. The fourth-order valence-corrected chi connectivity index (χ4v) is 6.04. The summed E-state index contributed by atoms with van der Waals surface area (Å²) in [5.41, 5.74) is 2.94. The minimum Gasteiger partial charge on any atom is -0.444 e. The minimum atomic E-state index is -0.539. The number of carbonyl (C=O) groups excluding carboxylic acids is 2. The highest BCUT2D eigenvalue weighted by molar-refractivity contribution is 5.78. The van der Waals surface area contributed by atoms with Crippen LogP contribution in [-0.2, 0) is 22.5 Å². The van der Waals surface area contributed by atoms with Crippen LogP contribution in [0.4, 0.5) is 4.79 Å². The Labute approximate surface area is 234 Å². The lowest BCUT2D eigenvalue weighted by Crippen LogP contribution is -2.44. The number of aromatic nitrogens is 2. The molecule has 1 aromatic carbocycles. The molecule has 2 aliphatic rings. The van der Waals surface area contributed by atoms with E-state index in [1.165, 1.54) is 5.69 Å². The first-order valence-electron chi connectivity index (χ1n) is 14.6. The lowest BCUT2D eigenvalue weighted by Gasteiger charge is -2.39. The number of imidazole rings is 1. The first-order valence-corrected chi connectivity index (χ1v) is 14.6. The van der Waals surface area contributed by atoms with Crippen molar-refractivity contribution in [3.8, 4) is 0 Å². The van der Waals surface area contributed by atoms with Crippen LogP contribution in [0.1, 0.15) is 95.7 Å². The molecule has 3 heterocycles. The molecule has 0 bridgehead atoms. The van der Waals surface area contributed by atoms with E-state index in [0.717, 1.165) is 62.4 Å². The van der Waals surface area contributed by atoms with E-state index in [1.807, 2.05) is 57.7 Å². The molecule has 2 atom stereocenters. The van der Waals surface area contributed by atoms with Crippen LogP contribution in [0.5, 0.6) is 0 Å². The van der Waals surface area contributed by atoms with Gasteiger partial charge >= 0.3 is 6.09 Å². The molecular weight excluding hydrogens is 490 g/mol. The van der Waals surface area contributed by atoms with E-state index in [0.29, 0.717) is 18.6 Å². The molecule has 2 aliphatic heterocycles. The molecular formula is C31H47N5O3. The Hall–Kier alpha value is -2.87. The SMILES string of the molecule is Cc1nc2c(n1C1CCN(C(C)C[C@H](NC(=O)OC(C)(C)C)c3ccccc3)CC1)CN(C(=O)C(C)C)CC2. The number of nitrogens with zero attached hydrogens (tertiary/aromatic N) is 4. The highest BCUT2D eigenvalue weighted by Gasteiger charge is 2.32. The molecule has 1 unspecified atom stereocenters. The van der Waals surface area contributed by atoms with Crippen LogP contribution in [0.15, 0.2) is 30.3 Å². The molecule has 1 N–H and O–H groups in total. The number of alkyl carbamates (subject to hydrolysis) is 1. The van der Waals surface area contributed by atoms with Gasteiger partial charge in [0.15, 0.2) is 0 Å². The summed E-state index contributed by atoms with van der Waals surface area (Å²) in [7, 11) is 0. The normalized spacial score (nSPS) is 18.5. The van der Waals surface area contributed by atoms with Gasteiger partial charge in [-0.25, -0.2) is 9.78 Å². The smallest absolute Gasteiger partial charge is 0.408 e. The van der Waals surface area contributed by atoms with Crippen molar-refractivity contribution in [2.45, 2.75) is 104 Å². The summed E-state index contributed by atoms with van der Waals surface area (Å²) >= 11 is 0. The maximum absolute atomic E-state index is 12.7. The monoisotopic (exact) mass is 537 g/mol. The Morgan fingerprint density at radius 2 is 1.74 bits per heavy atom. The van der Waals surface area contributed by atoms with E-state index in [-0.39, 0.29) is 24.0 Å². The summed E-state index contributed by atoms with van der Waals surface area (Å²) in [5, 5.41) is 3.12. The number of hydrogen-bond donors (Lipinski definition) is 1. The Kier molecular flexibility index (Phi) is 9.04. The summed E-state index contributed by atoms with van der Waals surface area (Å²) < 4.78 is 7.99. The van der Waals surface area contributed by atoms with Crippen LogP contribution >= 0.6 is 0 Å². The van der Waals surface area contributed by atoms with Gasteiger partial charge in [0.05, 0.1) is 24.0 Å². The maximum atomic E-state index is 12.7. The molecule has 0 aliphatic carbocycles. The molecule has 0 radical (unpaired) electrons. The maximum Gasteiger partial charge on any atom is 0.408 e. The predicted octanol–water partition coefficient (Wildman–Crippen LogP) is 5.41. The van der Waals surface area contributed by atoms with Crippen molar-refractivity contribution in [2.75, 3.05) is 19.6 Å². The molecule has 0 saturated carbocycles.